The van der Waals surface area contributed by atoms with E-state index >= 15 is 0 Å². The minimum atomic E-state index is -0.124. The zero-order valence-electron chi connectivity index (χ0n) is 14.1. The lowest BCUT2D eigenvalue weighted by Crippen LogP contribution is -2.45. The van der Waals surface area contributed by atoms with Crippen LogP contribution in [0.4, 0.5) is 0 Å². The van der Waals surface area contributed by atoms with Crippen LogP contribution in [0.2, 0.25) is 0 Å². The van der Waals surface area contributed by atoms with Crippen molar-refractivity contribution in [3.63, 3.8) is 0 Å². The summed E-state index contributed by atoms with van der Waals surface area (Å²) in [4.78, 5) is 4.63. The van der Waals surface area contributed by atoms with E-state index in [1.54, 1.807) is 0 Å². The van der Waals surface area contributed by atoms with Crippen LogP contribution in [0.25, 0.3) is 0 Å². The van der Waals surface area contributed by atoms with Crippen molar-refractivity contribution in [3.05, 3.63) is 11.6 Å². The Morgan fingerprint density at radius 2 is 1.70 bits per heavy atom. The van der Waals surface area contributed by atoms with Crippen molar-refractivity contribution in [2.45, 2.75) is 44.2 Å². The van der Waals surface area contributed by atoms with Crippen LogP contribution in [0.5, 0.6) is 0 Å². The quantitative estimate of drug-likeness (QED) is 0.764. The summed E-state index contributed by atoms with van der Waals surface area (Å²) < 4.78 is 2.17. The van der Waals surface area contributed by atoms with Crippen LogP contribution in [0, 0.1) is 0 Å². The average molecular weight is 323 g/mol. The molecule has 0 aliphatic carbocycles. The predicted octanol–water partition coefficient (Wildman–Crippen LogP) is -0.0565. The molecule has 3 rings (SSSR count). The van der Waals surface area contributed by atoms with Crippen LogP contribution < -0.4 is 0 Å². The predicted molar refractivity (Wildman–Crippen MR) is 87.0 cm³/mol. The van der Waals surface area contributed by atoms with Gasteiger partial charge in [-0.05, 0) is 51.9 Å². The Labute approximate surface area is 137 Å². The van der Waals surface area contributed by atoms with Crippen LogP contribution in [-0.2, 0) is 13.6 Å². The fraction of sp³-hybridized carbons (Fsp3) is 0.875. The van der Waals surface area contributed by atoms with Gasteiger partial charge in [0.15, 0.2) is 0 Å². The van der Waals surface area contributed by atoms with Gasteiger partial charge in [0.2, 0.25) is 0 Å². The highest BCUT2D eigenvalue weighted by Gasteiger charge is 2.28. The first-order chi connectivity index (χ1) is 11.2. The van der Waals surface area contributed by atoms with E-state index in [9.17, 15) is 10.2 Å². The van der Waals surface area contributed by atoms with Crippen molar-refractivity contribution >= 4 is 0 Å². The Hall–Kier alpha value is -1.02. The SMILES string of the molecule is Cn1c(CN2CCCC2)nnc1C1CCN(C(CO)CO)CC1. The van der Waals surface area contributed by atoms with Gasteiger partial charge in [0.25, 0.3) is 0 Å². The standard InChI is InChI=1S/C16H29N5O2/c1-19-15(10-20-6-2-3-7-20)17-18-16(19)13-4-8-21(9-5-13)14(11-22)12-23/h13-14,22-23H,2-12H2,1H3. The van der Waals surface area contributed by atoms with E-state index in [1.165, 1.54) is 25.9 Å². The maximum Gasteiger partial charge on any atom is 0.146 e. The molecule has 3 heterocycles. The van der Waals surface area contributed by atoms with Crippen molar-refractivity contribution in [3.8, 4) is 0 Å². The lowest BCUT2D eigenvalue weighted by Gasteiger charge is -2.35. The first-order valence-corrected chi connectivity index (χ1v) is 8.79. The number of aromatic nitrogens is 3. The van der Waals surface area contributed by atoms with Gasteiger partial charge in [-0.1, -0.05) is 0 Å². The molecule has 0 aromatic carbocycles. The van der Waals surface area contributed by atoms with Crippen LogP contribution in [0.3, 0.4) is 0 Å². The van der Waals surface area contributed by atoms with Crippen molar-refractivity contribution in [2.75, 3.05) is 39.4 Å². The molecular weight excluding hydrogens is 294 g/mol. The maximum absolute atomic E-state index is 9.31. The smallest absolute Gasteiger partial charge is 0.146 e. The van der Waals surface area contributed by atoms with Gasteiger partial charge in [-0.2, -0.15) is 0 Å². The molecule has 0 amide bonds. The fourth-order valence-corrected chi connectivity index (χ4v) is 3.82. The van der Waals surface area contributed by atoms with E-state index in [0.29, 0.717) is 5.92 Å². The van der Waals surface area contributed by atoms with Gasteiger partial charge in [-0.3, -0.25) is 9.80 Å². The van der Waals surface area contributed by atoms with Gasteiger partial charge < -0.3 is 14.8 Å². The molecule has 1 aromatic heterocycles. The largest absolute Gasteiger partial charge is 0.395 e. The zero-order chi connectivity index (χ0) is 16.2. The second-order valence-electron chi connectivity index (χ2n) is 6.85. The first kappa shape index (κ1) is 16.8. The molecule has 0 unspecified atom stereocenters. The maximum atomic E-state index is 9.31. The molecule has 0 bridgehead atoms. The number of aliphatic hydroxyl groups excluding tert-OH is 2. The second kappa shape index (κ2) is 7.70. The van der Waals surface area contributed by atoms with E-state index < -0.39 is 0 Å². The first-order valence-electron chi connectivity index (χ1n) is 8.79. The van der Waals surface area contributed by atoms with E-state index in [1.807, 2.05) is 0 Å². The molecule has 0 atom stereocenters. The number of piperidine rings is 1. The minimum absolute atomic E-state index is 0.0190. The topological polar surface area (TPSA) is 77.7 Å². The number of nitrogens with zero attached hydrogens (tertiary/aromatic N) is 5. The molecule has 0 saturated carbocycles. The summed E-state index contributed by atoms with van der Waals surface area (Å²) in [5.74, 6) is 2.57. The normalized spacial score (nSPS) is 21.6. The summed E-state index contributed by atoms with van der Waals surface area (Å²) in [5, 5.41) is 27.5. The Kier molecular flexibility index (Phi) is 5.63. The summed E-state index contributed by atoms with van der Waals surface area (Å²) >= 11 is 0. The Balaban J connectivity index is 1.59. The van der Waals surface area contributed by atoms with E-state index in [0.717, 1.165) is 44.1 Å². The molecule has 7 heteroatoms. The molecule has 0 radical (unpaired) electrons. The Bertz CT molecular complexity index is 489. The van der Waals surface area contributed by atoms with E-state index in [2.05, 4.69) is 31.6 Å². The molecule has 2 saturated heterocycles. The van der Waals surface area contributed by atoms with Crippen molar-refractivity contribution in [1.29, 1.82) is 0 Å². The lowest BCUT2D eigenvalue weighted by atomic mass is 9.95. The lowest BCUT2D eigenvalue weighted by molar-refractivity contribution is 0.0561. The minimum Gasteiger partial charge on any atom is -0.395 e. The van der Waals surface area contributed by atoms with Gasteiger partial charge in [0, 0.05) is 13.0 Å². The molecular formula is C16H29N5O2. The Morgan fingerprint density at radius 1 is 1.04 bits per heavy atom. The van der Waals surface area contributed by atoms with Crippen LogP contribution in [0.1, 0.15) is 43.3 Å². The summed E-state index contributed by atoms with van der Waals surface area (Å²) in [6, 6.07) is -0.124. The Morgan fingerprint density at radius 3 is 2.30 bits per heavy atom. The number of hydrogen-bond acceptors (Lipinski definition) is 6. The summed E-state index contributed by atoms with van der Waals surface area (Å²) in [5.41, 5.74) is 0. The average Bonchev–Trinajstić information content (AvgIpc) is 3.21. The second-order valence-corrected chi connectivity index (χ2v) is 6.85. The van der Waals surface area contributed by atoms with Crippen LogP contribution in [-0.4, -0.2) is 80.2 Å². The van der Waals surface area contributed by atoms with Crippen LogP contribution in [0.15, 0.2) is 0 Å². The third kappa shape index (κ3) is 3.74. The van der Waals surface area contributed by atoms with Crippen LogP contribution >= 0.6 is 0 Å². The van der Waals surface area contributed by atoms with Gasteiger partial charge >= 0.3 is 0 Å². The summed E-state index contributed by atoms with van der Waals surface area (Å²) in [7, 11) is 2.08. The number of rotatable bonds is 6. The van der Waals surface area contributed by atoms with Gasteiger partial charge in [-0.25, -0.2) is 0 Å². The van der Waals surface area contributed by atoms with Crippen molar-refractivity contribution < 1.29 is 10.2 Å². The molecule has 1 aromatic rings. The van der Waals surface area contributed by atoms with Gasteiger partial charge in [0.1, 0.15) is 11.6 Å². The third-order valence-corrected chi connectivity index (χ3v) is 5.40. The molecule has 0 spiro atoms. The van der Waals surface area contributed by atoms with Gasteiger partial charge in [0.05, 0.1) is 25.8 Å². The monoisotopic (exact) mass is 323 g/mol. The van der Waals surface area contributed by atoms with E-state index in [4.69, 9.17) is 0 Å². The molecule has 23 heavy (non-hydrogen) atoms. The number of hydrogen-bond donors (Lipinski definition) is 2. The number of aliphatic hydroxyl groups is 2. The highest BCUT2D eigenvalue weighted by Crippen LogP contribution is 2.28. The molecule has 2 fully saturated rings. The van der Waals surface area contributed by atoms with E-state index in [-0.39, 0.29) is 19.3 Å². The molecule has 7 nitrogen and oxygen atoms in total. The van der Waals surface area contributed by atoms with Gasteiger partial charge in [-0.15, -0.1) is 10.2 Å². The molecule has 2 aliphatic heterocycles. The highest BCUT2D eigenvalue weighted by molar-refractivity contribution is 5.04. The zero-order valence-corrected chi connectivity index (χ0v) is 14.1. The fourth-order valence-electron chi connectivity index (χ4n) is 3.82. The summed E-state index contributed by atoms with van der Waals surface area (Å²) in [6.07, 6.45) is 4.60. The number of likely N-dealkylation sites (tertiary alicyclic amines) is 2. The molecule has 2 N–H and O–H groups in total. The molecule has 2 aliphatic rings. The summed E-state index contributed by atoms with van der Waals surface area (Å²) in [6.45, 7) is 5.07. The van der Waals surface area contributed by atoms with Crippen molar-refractivity contribution in [2.24, 2.45) is 7.05 Å². The van der Waals surface area contributed by atoms with Crippen molar-refractivity contribution in [1.82, 2.24) is 24.6 Å². The third-order valence-electron chi connectivity index (χ3n) is 5.40. The molecule has 130 valence electrons. The highest BCUT2D eigenvalue weighted by atomic mass is 16.3.